The van der Waals surface area contributed by atoms with Gasteiger partial charge < -0.3 is 30.7 Å². The number of aliphatic hydroxyl groups excluding tert-OH is 1. The Labute approximate surface area is 219 Å². The predicted octanol–water partition coefficient (Wildman–Crippen LogP) is 2.20. The second-order valence-electron chi connectivity index (χ2n) is 8.10. The van der Waals surface area contributed by atoms with Crippen LogP contribution >= 0.6 is 0 Å². The van der Waals surface area contributed by atoms with Crippen molar-refractivity contribution in [2.45, 2.75) is 34.1 Å². The van der Waals surface area contributed by atoms with Crippen molar-refractivity contribution in [2.75, 3.05) is 38.1 Å². The molecule has 1 aliphatic heterocycles. The van der Waals surface area contributed by atoms with Crippen molar-refractivity contribution in [3.8, 4) is 0 Å². The smallest absolute Gasteiger partial charge is 0.373 e. The van der Waals surface area contributed by atoms with Gasteiger partial charge in [-0.1, -0.05) is 13.8 Å². The third-order valence-corrected chi connectivity index (χ3v) is 5.69. The highest BCUT2D eigenvalue weighted by atomic mass is 19.1. The lowest BCUT2D eigenvalue weighted by atomic mass is 10.0. The van der Waals surface area contributed by atoms with Crippen molar-refractivity contribution in [1.82, 2.24) is 15.2 Å². The SMILES string of the molecule is CCN(CC)CCNC(=O)c1c(C)[nH]c(/C=C2\C(=O)Nc3ccc(F)cc32)c1C.O=C(O)CCO.O=C=O. The van der Waals surface area contributed by atoms with Crippen molar-refractivity contribution >= 4 is 41.3 Å². The second kappa shape index (κ2) is 15.9. The summed E-state index contributed by atoms with van der Waals surface area (Å²) < 4.78 is 13.7. The molecule has 0 saturated heterocycles. The number of rotatable bonds is 9. The maximum atomic E-state index is 13.7. The summed E-state index contributed by atoms with van der Waals surface area (Å²) in [4.78, 5) is 56.2. The van der Waals surface area contributed by atoms with Gasteiger partial charge in [-0.25, -0.2) is 4.39 Å². The summed E-state index contributed by atoms with van der Waals surface area (Å²) >= 11 is 0. The van der Waals surface area contributed by atoms with Gasteiger partial charge in [0, 0.05) is 35.7 Å². The number of halogens is 1. The minimum absolute atomic E-state index is 0.143. The van der Waals surface area contributed by atoms with Gasteiger partial charge in [0.25, 0.3) is 11.8 Å². The number of carbonyl (C=O) groups is 3. The number of carboxylic acids is 1. The Hall–Kier alpha value is -4.12. The van der Waals surface area contributed by atoms with Gasteiger partial charge in [-0.05, 0) is 56.8 Å². The van der Waals surface area contributed by atoms with Crippen molar-refractivity contribution in [2.24, 2.45) is 0 Å². The van der Waals surface area contributed by atoms with E-state index in [9.17, 15) is 18.8 Å². The number of nitrogens with one attached hydrogen (secondary N) is 3. The number of aromatic amines is 1. The number of fused-ring (bicyclic) bond motifs is 1. The van der Waals surface area contributed by atoms with E-state index < -0.39 is 11.8 Å². The van der Waals surface area contributed by atoms with Crippen LogP contribution in [0.1, 0.15) is 53.1 Å². The lowest BCUT2D eigenvalue weighted by Crippen LogP contribution is -2.35. The number of H-pyrrole nitrogens is 1. The molecule has 0 saturated carbocycles. The van der Waals surface area contributed by atoms with Crippen LogP contribution in [0.5, 0.6) is 0 Å². The Kier molecular flexibility index (Phi) is 13.3. The van der Waals surface area contributed by atoms with Crippen LogP contribution in [-0.4, -0.2) is 76.8 Å². The fourth-order valence-corrected chi connectivity index (χ4v) is 3.76. The number of carbonyl (C=O) groups excluding carboxylic acids is 4. The number of likely N-dealkylation sites (N-methyl/N-ethyl adjacent to an activating group) is 1. The molecule has 0 spiro atoms. The van der Waals surface area contributed by atoms with Crippen molar-refractivity contribution in [1.29, 1.82) is 0 Å². The normalized spacial score (nSPS) is 12.5. The third kappa shape index (κ3) is 9.07. The molecule has 2 aromatic rings. The molecule has 11 nitrogen and oxygen atoms in total. The number of aromatic nitrogens is 1. The van der Waals surface area contributed by atoms with Crippen LogP contribution in [0.15, 0.2) is 18.2 Å². The number of benzene rings is 1. The van der Waals surface area contributed by atoms with Crippen LogP contribution in [-0.2, 0) is 19.2 Å². The van der Waals surface area contributed by atoms with E-state index in [0.29, 0.717) is 34.6 Å². The summed E-state index contributed by atoms with van der Waals surface area (Å²) in [5, 5.41) is 21.3. The molecule has 0 bridgehead atoms. The zero-order chi connectivity index (χ0) is 28.8. The van der Waals surface area contributed by atoms with Crippen LogP contribution in [0, 0.1) is 19.7 Å². The molecule has 0 aliphatic carbocycles. The van der Waals surface area contributed by atoms with E-state index in [1.54, 1.807) is 12.1 Å². The van der Waals surface area contributed by atoms with E-state index in [1.165, 1.54) is 12.1 Å². The van der Waals surface area contributed by atoms with Crippen LogP contribution in [0.2, 0.25) is 0 Å². The molecular formula is C26H33FN4O7. The minimum atomic E-state index is -0.961. The van der Waals surface area contributed by atoms with Crippen molar-refractivity contribution < 1.29 is 38.6 Å². The molecule has 3 rings (SSSR count). The zero-order valence-corrected chi connectivity index (χ0v) is 21.8. The largest absolute Gasteiger partial charge is 0.481 e. The van der Waals surface area contributed by atoms with Gasteiger partial charge in [-0.15, -0.1) is 0 Å². The Morgan fingerprint density at radius 1 is 1.18 bits per heavy atom. The van der Waals surface area contributed by atoms with Gasteiger partial charge in [0.1, 0.15) is 5.82 Å². The molecule has 0 fully saturated rings. The predicted molar refractivity (Wildman–Crippen MR) is 138 cm³/mol. The van der Waals surface area contributed by atoms with Crippen LogP contribution in [0.25, 0.3) is 11.6 Å². The van der Waals surface area contributed by atoms with Crippen molar-refractivity contribution in [3.05, 3.63) is 52.1 Å². The first-order chi connectivity index (χ1) is 18.0. The average Bonchev–Trinajstić information content (AvgIpc) is 3.31. The summed E-state index contributed by atoms with van der Waals surface area (Å²) in [5.74, 6) is -1.80. The summed E-state index contributed by atoms with van der Waals surface area (Å²) in [6.45, 7) is 10.8. The third-order valence-electron chi connectivity index (χ3n) is 5.69. The van der Waals surface area contributed by atoms with Gasteiger partial charge in [0.15, 0.2) is 0 Å². The van der Waals surface area contributed by atoms with Crippen LogP contribution in [0.4, 0.5) is 10.1 Å². The molecule has 1 aromatic heterocycles. The lowest BCUT2D eigenvalue weighted by Gasteiger charge is -2.18. The number of hydrogen-bond acceptors (Lipinski definition) is 7. The van der Waals surface area contributed by atoms with Gasteiger partial charge in [-0.2, -0.15) is 9.59 Å². The molecule has 2 heterocycles. The number of aliphatic carboxylic acids is 1. The van der Waals surface area contributed by atoms with Crippen molar-refractivity contribution in [3.63, 3.8) is 0 Å². The monoisotopic (exact) mass is 532 g/mol. The Balaban J connectivity index is 0.000000695. The molecule has 5 N–H and O–H groups in total. The van der Waals surface area contributed by atoms with Gasteiger partial charge >= 0.3 is 12.1 Å². The highest BCUT2D eigenvalue weighted by molar-refractivity contribution is 6.34. The quantitative estimate of drug-likeness (QED) is 0.306. The molecule has 1 aliphatic rings. The van der Waals surface area contributed by atoms with Gasteiger partial charge in [0.05, 0.1) is 24.2 Å². The Bertz CT molecular complexity index is 1200. The molecule has 2 amide bonds. The molecule has 38 heavy (non-hydrogen) atoms. The molecule has 206 valence electrons. The van der Waals surface area contributed by atoms with E-state index in [0.717, 1.165) is 30.9 Å². The molecular weight excluding hydrogens is 499 g/mol. The topological polar surface area (TPSA) is 169 Å². The van der Waals surface area contributed by atoms with Gasteiger partial charge in [0.2, 0.25) is 0 Å². The summed E-state index contributed by atoms with van der Waals surface area (Å²) in [6.07, 6.45) is 1.77. The van der Waals surface area contributed by atoms with Crippen LogP contribution in [0.3, 0.4) is 0 Å². The Morgan fingerprint density at radius 3 is 2.34 bits per heavy atom. The number of aryl methyl sites for hydroxylation is 1. The highest BCUT2D eigenvalue weighted by Gasteiger charge is 2.26. The first-order valence-electron chi connectivity index (χ1n) is 11.9. The summed E-state index contributed by atoms with van der Waals surface area (Å²) in [5.41, 5.74) is 4.20. The van der Waals surface area contributed by atoms with Gasteiger partial charge in [-0.3, -0.25) is 14.4 Å². The number of nitrogens with zero attached hydrogens (tertiary/aromatic N) is 1. The van der Waals surface area contributed by atoms with E-state index in [-0.39, 0.29) is 31.0 Å². The number of aliphatic hydroxyl groups is 1. The second-order valence-corrected chi connectivity index (χ2v) is 8.10. The molecule has 1 aromatic carbocycles. The van der Waals surface area contributed by atoms with E-state index >= 15 is 0 Å². The molecule has 0 radical (unpaired) electrons. The number of anilines is 1. The average molecular weight is 533 g/mol. The number of amides is 2. The fourth-order valence-electron chi connectivity index (χ4n) is 3.76. The highest BCUT2D eigenvalue weighted by Crippen LogP contribution is 2.34. The van der Waals surface area contributed by atoms with E-state index in [2.05, 4.69) is 34.4 Å². The maximum absolute atomic E-state index is 13.7. The molecule has 12 heteroatoms. The molecule has 0 atom stereocenters. The van der Waals surface area contributed by atoms with E-state index in [1.807, 2.05) is 13.8 Å². The Morgan fingerprint density at radius 2 is 1.82 bits per heavy atom. The lowest BCUT2D eigenvalue weighted by molar-refractivity contribution is -0.191. The first-order valence-corrected chi connectivity index (χ1v) is 11.9. The number of hydrogen-bond donors (Lipinski definition) is 5. The number of carboxylic acid groups (broad SMARTS) is 1. The summed E-state index contributed by atoms with van der Waals surface area (Å²) in [7, 11) is 0. The minimum Gasteiger partial charge on any atom is -0.481 e. The van der Waals surface area contributed by atoms with Crippen LogP contribution < -0.4 is 10.6 Å². The molecule has 0 unspecified atom stereocenters. The first kappa shape index (κ1) is 31.9. The zero-order valence-electron chi connectivity index (χ0n) is 21.8. The maximum Gasteiger partial charge on any atom is 0.373 e. The van der Waals surface area contributed by atoms with E-state index in [4.69, 9.17) is 19.8 Å². The fraction of sp³-hybridized carbons (Fsp3) is 0.385. The summed E-state index contributed by atoms with van der Waals surface area (Å²) in [6, 6.07) is 4.20. The standard InChI is InChI=1S/C22H27FN4O2.C3H6O3.CO2/c1-5-27(6-2)10-9-24-22(29)20-13(3)19(25-14(20)4)12-17-16-11-15(23)7-8-18(16)26-21(17)28;4-2-1-3(5)6;2-1-3/h7-8,11-12,25H,5-6,9-10H2,1-4H3,(H,24,29)(H,26,28);4H,1-2H2,(H,5,6);/b17-12-;;.